The number of aromatic nitrogens is 2. The standard InChI is InChI=1S/C10H12ClN3/c1-6-3-4-8-9(13-5-12-8)7(2)14-10(6)11/h4-6H,3H2,1-2H3,(H,12,13)/b8-4-,9-7?,14-10?. The Morgan fingerprint density at radius 2 is 2.36 bits per heavy atom. The third kappa shape index (κ3) is 1.60. The van der Waals surface area contributed by atoms with Crippen LogP contribution >= 0.6 is 11.6 Å². The second-order valence-electron chi connectivity index (χ2n) is 3.53. The van der Waals surface area contributed by atoms with Gasteiger partial charge in [0.15, 0.2) is 0 Å². The van der Waals surface area contributed by atoms with Gasteiger partial charge in [-0.15, -0.1) is 0 Å². The number of halogens is 1. The van der Waals surface area contributed by atoms with Crippen LogP contribution in [0, 0.1) is 5.92 Å². The van der Waals surface area contributed by atoms with Crippen LogP contribution in [0.3, 0.4) is 0 Å². The second-order valence-corrected chi connectivity index (χ2v) is 3.91. The zero-order valence-corrected chi connectivity index (χ0v) is 8.97. The zero-order valence-electron chi connectivity index (χ0n) is 8.21. The second kappa shape index (κ2) is 3.58. The molecule has 0 bridgehead atoms. The molecule has 0 saturated heterocycles. The van der Waals surface area contributed by atoms with E-state index in [0.29, 0.717) is 5.17 Å². The van der Waals surface area contributed by atoms with Crippen LogP contribution in [0.4, 0.5) is 0 Å². The summed E-state index contributed by atoms with van der Waals surface area (Å²) >= 11 is 6.04. The summed E-state index contributed by atoms with van der Waals surface area (Å²) in [4.78, 5) is 11.6. The summed E-state index contributed by atoms with van der Waals surface area (Å²) in [5.41, 5.74) is 0.869. The Bertz CT molecular complexity index is 484. The molecule has 74 valence electrons. The summed E-state index contributed by atoms with van der Waals surface area (Å²) in [5, 5.41) is 2.60. The van der Waals surface area contributed by atoms with E-state index in [1.165, 1.54) is 0 Å². The highest BCUT2D eigenvalue weighted by Gasteiger charge is 2.09. The molecule has 1 aliphatic heterocycles. The smallest absolute Gasteiger partial charge is 0.109 e. The molecule has 2 rings (SSSR count). The van der Waals surface area contributed by atoms with Crippen LogP contribution in [-0.4, -0.2) is 15.1 Å². The van der Waals surface area contributed by atoms with E-state index in [1.54, 1.807) is 6.33 Å². The van der Waals surface area contributed by atoms with Crippen molar-refractivity contribution < 1.29 is 0 Å². The van der Waals surface area contributed by atoms with E-state index in [9.17, 15) is 0 Å². The fourth-order valence-corrected chi connectivity index (χ4v) is 1.68. The first-order chi connectivity index (χ1) is 6.68. The molecule has 1 aliphatic rings. The lowest BCUT2D eigenvalue weighted by Crippen LogP contribution is -2.28. The van der Waals surface area contributed by atoms with Crippen molar-refractivity contribution in [3.05, 3.63) is 17.0 Å². The lowest BCUT2D eigenvalue weighted by Gasteiger charge is -2.07. The van der Waals surface area contributed by atoms with E-state index >= 15 is 0 Å². The van der Waals surface area contributed by atoms with Crippen molar-refractivity contribution in [1.29, 1.82) is 0 Å². The normalized spacial score (nSPS) is 24.2. The molecule has 1 aromatic heterocycles. The number of rotatable bonds is 0. The molecule has 0 aliphatic carbocycles. The van der Waals surface area contributed by atoms with E-state index in [-0.39, 0.29) is 5.92 Å². The quantitative estimate of drug-likeness (QED) is 0.681. The molecule has 1 atom stereocenters. The monoisotopic (exact) mass is 209 g/mol. The summed E-state index contributed by atoms with van der Waals surface area (Å²) < 4.78 is 0. The van der Waals surface area contributed by atoms with Crippen molar-refractivity contribution in [2.45, 2.75) is 20.3 Å². The SMILES string of the molecule is CC1=c2nc[nH]/c2=C\CC(C)C(Cl)=N1. The van der Waals surface area contributed by atoms with Crippen molar-refractivity contribution in [3.63, 3.8) is 0 Å². The predicted molar refractivity (Wildman–Crippen MR) is 58.5 cm³/mol. The van der Waals surface area contributed by atoms with Gasteiger partial charge in [0.25, 0.3) is 0 Å². The number of imidazole rings is 1. The number of aromatic amines is 1. The van der Waals surface area contributed by atoms with Crippen LogP contribution in [0.1, 0.15) is 20.3 Å². The Morgan fingerprint density at radius 3 is 3.14 bits per heavy atom. The third-order valence-corrected chi connectivity index (χ3v) is 2.83. The summed E-state index contributed by atoms with van der Waals surface area (Å²) in [6.45, 7) is 3.99. The van der Waals surface area contributed by atoms with Crippen LogP contribution in [0.15, 0.2) is 11.3 Å². The van der Waals surface area contributed by atoms with Crippen molar-refractivity contribution in [1.82, 2.24) is 9.97 Å². The summed E-state index contributed by atoms with van der Waals surface area (Å²) in [6, 6.07) is 0. The lowest BCUT2D eigenvalue weighted by atomic mass is 10.1. The van der Waals surface area contributed by atoms with Gasteiger partial charge in [-0.3, -0.25) is 0 Å². The van der Waals surface area contributed by atoms with Gasteiger partial charge in [-0.25, -0.2) is 9.98 Å². The number of H-pyrrole nitrogens is 1. The molecule has 4 heteroatoms. The lowest BCUT2D eigenvalue weighted by molar-refractivity contribution is 0.821. The summed E-state index contributed by atoms with van der Waals surface area (Å²) in [5.74, 6) is 0.281. The number of hydrogen-bond donors (Lipinski definition) is 1. The molecule has 0 spiro atoms. The number of fused-ring (bicyclic) bond motifs is 1. The minimum atomic E-state index is 0.281. The number of nitrogens with zero attached hydrogens (tertiary/aromatic N) is 2. The minimum Gasteiger partial charge on any atom is -0.345 e. The third-order valence-electron chi connectivity index (χ3n) is 2.37. The van der Waals surface area contributed by atoms with E-state index in [2.05, 4.69) is 28.0 Å². The fraction of sp³-hybridized carbons (Fsp3) is 0.400. The van der Waals surface area contributed by atoms with Crippen molar-refractivity contribution in [3.8, 4) is 0 Å². The van der Waals surface area contributed by atoms with Gasteiger partial charge in [0.1, 0.15) is 10.5 Å². The Kier molecular flexibility index (Phi) is 2.42. The van der Waals surface area contributed by atoms with Gasteiger partial charge in [0, 0.05) is 5.92 Å². The van der Waals surface area contributed by atoms with E-state index in [4.69, 9.17) is 11.6 Å². The Balaban J connectivity index is 2.72. The van der Waals surface area contributed by atoms with Crippen molar-refractivity contribution >= 4 is 28.5 Å². The van der Waals surface area contributed by atoms with Crippen molar-refractivity contribution in [2.24, 2.45) is 10.9 Å². The Morgan fingerprint density at radius 1 is 1.57 bits per heavy atom. The van der Waals surface area contributed by atoms with E-state index < -0.39 is 0 Å². The molecule has 1 aromatic rings. The van der Waals surface area contributed by atoms with Crippen LogP contribution in [-0.2, 0) is 0 Å². The first-order valence-corrected chi connectivity index (χ1v) is 5.01. The molecular weight excluding hydrogens is 198 g/mol. The van der Waals surface area contributed by atoms with Gasteiger partial charge in [-0.1, -0.05) is 24.6 Å². The minimum absolute atomic E-state index is 0.281. The van der Waals surface area contributed by atoms with Crippen LogP contribution < -0.4 is 10.7 Å². The van der Waals surface area contributed by atoms with Crippen LogP contribution in [0.2, 0.25) is 0 Å². The largest absolute Gasteiger partial charge is 0.345 e. The number of hydrogen-bond acceptors (Lipinski definition) is 2. The molecule has 0 amide bonds. The highest BCUT2D eigenvalue weighted by molar-refractivity contribution is 6.66. The van der Waals surface area contributed by atoms with Gasteiger partial charge in [0.2, 0.25) is 0 Å². The molecular formula is C10H12ClN3. The molecule has 1 N–H and O–H groups in total. The number of aliphatic imine (C=N–C) groups is 1. The maximum atomic E-state index is 6.04. The Labute approximate surface area is 87.2 Å². The van der Waals surface area contributed by atoms with Crippen LogP contribution in [0.5, 0.6) is 0 Å². The average Bonchev–Trinajstić information content (AvgIpc) is 2.60. The summed E-state index contributed by atoms with van der Waals surface area (Å²) in [6.07, 6.45) is 4.70. The van der Waals surface area contributed by atoms with Crippen LogP contribution in [0.25, 0.3) is 11.8 Å². The molecule has 3 nitrogen and oxygen atoms in total. The van der Waals surface area contributed by atoms with E-state index in [0.717, 1.165) is 22.8 Å². The Hall–Kier alpha value is -1.09. The first-order valence-electron chi connectivity index (χ1n) is 4.63. The maximum Gasteiger partial charge on any atom is 0.109 e. The molecule has 0 radical (unpaired) electrons. The number of nitrogens with one attached hydrogen (secondary N) is 1. The van der Waals surface area contributed by atoms with Gasteiger partial charge in [0.05, 0.1) is 17.4 Å². The molecule has 14 heavy (non-hydrogen) atoms. The topological polar surface area (TPSA) is 41.0 Å². The zero-order chi connectivity index (χ0) is 10.1. The van der Waals surface area contributed by atoms with Gasteiger partial charge in [-0.05, 0) is 13.3 Å². The predicted octanol–water partition coefficient (Wildman–Crippen LogP) is 0.995. The highest BCUT2D eigenvalue weighted by Crippen LogP contribution is 2.12. The highest BCUT2D eigenvalue weighted by atomic mass is 35.5. The molecule has 0 aromatic carbocycles. The molecule has 0 fully saturated rings. The van der Waals surface area contributed by atoms with Gasteiger partial charge >= 0.3 is 0 Å². The maximum absolute atomic E-state index is 6.04. The summed E-state index contributed by atoms with van der Waals surface area (Å²) in [7, 11) is 0. The van der Waals surface area contributed by atoms with Gasteiger partial charge in [-0.2, -0.15) is 0 Å². The molecule has 0 saturated carbocycles. The first kappa shape index (κ1) is 9.46. The average molecular weight is 210 g/mol. The molecule has 1 unspecified atom stereocenters. The van der Waals surface area contributed by atoms with E-state index in [1.807, 2.05) is 6.92 Å². The fourth-order valence-electron chi connectivity index (χ4n) is 1.46. The molecule has 2 heterocycles. The van der Waals surface area contributed by atoms with Gasteiger partial charge < -0.3 is 4.98 Å². The van der Waals surface area contributed by atoms with Crippen molar-refractivity contribution in [2.75, 3.05) is 0 Å².